The van der Waals surface area contributed by atoms with E-state index in [-0.39, 0.29) is 35.5 Å². The number of ketones is 1. The second kappa shape index (κ2) is 16.3. The van der Waals surface area contributed by atoms with E-state index in [9.17, 15) is 39.0 Å². The molecule has 1 aromatic carbocycles. The predicted molar refractivity (Wildman–Crippen MR) is 211 cm³/mol. The molecule has 2 saturated heterocycles. The Hall–Kier alpha value is -4.91. The summed E-state index contributed by atoms with van der Waals surface area (Å²) in [6.45, 7) is 16.8. The molecule has 18 nitrogen and oxygen atoms in total. The molecule has 2 bridgehead atoms. The monoisotopic (exact) mass is 871 g/mol. The second-order valence-electron chi connectivity index (χ2n) is 19.1. The van der Waals surface area contributed by atoms with E-state index < -0.39 is 130 Å². The summed E-state index contributed by atoms with van der Waals surface area (Å²) < 4.78 is 36.0. The molecule has 1 spiro atoms. The molecule has 2 saturated carbocycles. The van der Waals surface area contributed by atoms with Crippen LogP contribution in [0.2, 0.25) is 0 Å². The summed E-state index contributed by atoms with van der Waals surface area (Å²) >= 11 is 0. The third-order valence-corrected chi connectivity index (χ3v) is 13.1. The zero-order valence-corrected chi connectivity index (χ0v) is 36.8. The molecular weight excluding hydrogens is 814 g/mol. The molecule has 18 heteroatoms. The van der Waals surface area contributed by atoms with Gasteiger partial charge in [0.2, 0.25) is 0 Å². The highest BCUT2D eigenvalue weighted by atomic mass is 17.3. The summed E-state index contributed by atoms with van der Waals surface area (Å²) in [6.07, 6.45) is -13.6. The van der Waals surface area contributed by atoms with Gasteiger partial charge in [0.05, 0.1) is 40.9 Å². The van der Waals surface area contributed by atoms with Gasteiger partial charge in [0.1, 0.15) is 11.7 Å². The zero-order valence-electron chi connectivity index (χ0n) is 36.8. The molecule has 0 unspecified atom stereocenters. The lowest BCUT2D eigenvalue weighted by Crippen LogP contribution is -2.81. The van der Waals surface area contributed by atoms with E-state index in [0.29, 0.717) is 0 Å². The van der Waals surface area contributed by atoms with Gasteiger partial charge >= 0.3 is 35.9 Å². The summed E-state index contributed by atoms with van der Waals surface area (Å²) in [7, 11) is 0. The molecule has 3 aliphatic carbocycles. The fourth-order valence-electron chi connectivity index (χ4n) is 10.4. The van der Waals surface area contributed by atoms with Crippen molar-refractivity contribution in [3.8, 4) is 0 Å². The largest absolute Gasteiger partial charge is 0.457 e. The van der Waals surface area contributed by atoms with Gasteiger partial charge < -0.3 is 44.0 Å². The van der Waals surface area contributed by atoms with Gasteiger partial charge in [0.25, 0.3) is 5.79 Å². The van der Waals surface area contributed by atoms with Crippen LogP contribution in [-0.2, 0) is 62.2 Å². The summed E-state index contributed by atoms with van der Waals surface area (Å²) in [6, 6.07) is 6.52. The minimum Gasteiger partial charge on any atom is -0.457 e. The maximum Gasteiger partial charge on any atom is 0.407 e. The zero-order chi connectivity index (χ0) is 46.1. The van der Waals surface area contributed by atoms with Crippen molar-refractivity contribution in [1.29, 1.82) is 0 Å². The summed E-state index contributed by atoms with van der Waals surface area (Å²) in [5.74, 6) is -9.98. The molecule has 1 amide bonds. The number of nitrogens with one attached hydrogen (secondary N) is 1. The van der Waals surface area contributed by atoms with Crippen molar-refractivity contribution in [2.45, 2.75) is 156 Å². The number of rotatable bonds is 10. The van der Waals surface area contributed by atoms with E-state index >= 15 is 4.79 Å². The lowest BCUT2D eigenvalue weighted by molar-refractivity contribution is -0.595. The number of fused-ring (bicyclic) bond motifs is 4. The van der Waals surface area contributed by atoms with Crippen molar-refractivity contribution < 1.29 is 82.0 Å². The molecule has 12 atom stereocenters. The van der Waals surface area contributed by atoms with E-state index in [1.54, 1.807) is 66.7 Å². The molecule has 0 aromatic heterocycles. The van der Waals surface area contributed by atoms with Crippen LogP contribution < -0.4 is 5.32 Å². The average Bonchev–Trinajstić information content (AvgIpc) is 3.52. The molecule has 62 heavy (non-hydrogen) atoms. The average molecular weight is 872 g/mol. The van der Waals surface area contributed by atoms with Gasteiger partial charge in [-0.15, -0.1) is 0 Å². The van der Waals surface area contributed by atoms with Gasteiger partial charge in [-0.25, -0.2) is 19.3 Å². The van der Waals surface area contributed by atoms with Crippen molar-refractivity contribution in [1.82, 2.24) is 5.32 Å². The van der Waals surface area contributed by atoms with Gasteiger partial charge in [-0.3, -0.25) is 19.2 Å². The Bertz CT molecular complexity index is 2040. The number of amides is 1. The molecule has 1 aromatic rings. The Morgan fingerprint density at radius 1 is 0.968 bits per heavy atom. The Balaban J connectivity index is 1.61. The highest BCUT2D eigenvalue weighted by molar-refractivity contribution is 5.96. The first-order chi connectivity index (χ1) is 28.7. The van der Waals surface area contributed by atoms with E-state index in [1.807, 2.05) is 0 Å². The van der Waals surface area contributed by atoms with Crippen molar-refractivity contribution in [2.24, 2.45) is 28.1 Å². The maximum atomic E-state index is 15.6. The van der Waals surface area contributed by atoms with Crippen LogP contribution in [-0.4, -0.2) is 112 Å². The smallest absolute Gasteiger partial charge is 0.407 e. The molecule has 2 aliphatic heterocycles. The number of alkyl carbamates (subject to hydrolysis) is 1. The normalized spacial score (nSPS) is 34.3. The minimum atomic E-state index is -2.26. The highest BCUT2D eigenvalue weighted by Crippen LogP contribution is 2.70. The fourth-order valence-corrected chi connectivity index (χ4v) is 10.4. The first-order valence-electron chi connectivity index (χ1n) is 20.7. The number of hydrogen-bond donors (Lipinski definition) is 3. The van der Waals surface area contributed by atoms with Crippen LogP contribution >= 0.6 is 0 Å². The standard InChI is InChI=1S/C44H57NO17/c1-20(2)17-25(45-39(54)60-40(6,7)8)30(50)38(53)57-31-21(3)29-32(55-22(4)46)34(51)42(11)26(48)18-27-44(62-61-27,59-23(5)47)33(42)36(58-37(52)24-15-13-12-14-16-24)43(41(29,9)10)19-28(49)56-35(31)43/h12-16,20,25-27,30-33,35-36,48,50H,17-19H2,1-11H3,(H,45,54)/t25-,26-,27+,30+,31+,32+,33-,35-,36-,42+,43-,44+/m0/s1. The molecule has 5 aliphatic rings. The number of aliphatic hydroxyl groups is 2. The van der Waals surface area contributed by atoms with E-state index in [0.717, 1.165) is 13.8 Å². The maximum absolute atomic E-state index is 15.6. The molecular formula is C44H57NO17. The third kappa shape index (κ3) is 7.66. The van der Waals surface area contributed by atoms with Crippen LogP contribution in [0.4, 0.5) is 4.79 Å². The number of hydrogen-bond acceptors (Lipinski definition) is 17. The molecule has 6 rings (SSSR count). The topological polar surface area (TPSA) is 246 Å². The van der Waals surface area contributed by atoms with Crippen LogP contribution in [0, 0.1) is 28.1 Å². The number of ether oxygens (including phenoxy) is 6. The van der Waals surface area contributed by atoms with Crippen molar-refractivity contribution in [3.63, 3.8) is 0 Å². The molecule has 0 radical (unpaired) electrons. The van der Waals surface area contributed by atoms with Crippen LogP contribution in [0.3, 0.4) is 0 Å². The summed E-state index contributed by atoms with van der Waals surface area (Å²) in [4.78, 5) is 109. The Labute approximate surface area is 359 Å². The molecule has 340 valence electrons. The molecule has 3 N–H and O–H groups in total. The van der Waals surface area contributed by atoms with E-state index in [2.05, 4.69) is 5.32 Å². The lowest BCUT2D eigenvalue weighted by atomic mass is 9.42. The van der Waals surface area contributed by atoms with Gasteiger partial charge in [-0.05, 0) is 70.2 Å². The number of carbonyl (C=O) groups is 7. The van der Waals surface area contributed by atoms with Crippen LogP contribution in [0.15, 0.2) is 41.5 Å². The van der Waals surface area contributed by atoms with E-state index in [4.69, 9.17) is 38.2 Å². The van der Waals surface area contributed by atoms with Gasteiger partial charge in [-0.2, -0.15) is 4.89 Å². The number of carbonyl (C=O) groups excluding carboxylic acids is 7. The Kier molecular flexibility index (Phi) is 12.3. The number of esters is 5. The molecule has 2 heterocycles. The van der Waals surface area contributed by atoms with Gasteiger partial charge in [-0.1, -0.05) is 45.9 Å². The summed E-state index contributed by atoms with van der Waals surface area (Å²) in [5.41, 5.74) is -6.46. The van der Waals surface area contributed by atoms with Crippen molar-refractivity contribution >= 4 is 41.7 Å². The summed E-state index contributed by atoms with van der Waals surface area (Å²) in [5, 5.41) is 26.3. The SMILES string of the molecule is CC(=O)O[C@H]1C(=O)[C@@]2(C)[C@H]([C@H](OC(=O)c3ccccc3)[C@]34CC(=O)O[C@H]3[C@H](OC(=O)[C@H](O)[C@H](CC(C)C)NC(=O)OC(C)(C)C)C(C)=C1C4(C)C)[C@]1(OC(C)=O)OO[C@@H]1C[C@@H]2O. The minimum absolute atomic E-state index is 0.0345. The second-order valence-corrected chi connectivity index (χ2v) is 19.1. The van der Waals surface area contributed by atoms with Crippen LogP contribution in [0.1, 0.15) is 106 Å². The Morgan fingerprint density at radius 2 is 1.61 bits per heavy atom. The van der Waals surface area contributed by atoms with Crippen LogP contribution in [0.25, 0.3) is 0 Å². The first-order valence-corrected chi connectivity index (χ1v) is 20.7. The number of Topliss-reactive ketones (excluding diaryl/α,β-unsaturated/α-hetero) is 1. The number of aliphatic hydroxyl groups excluding tert-OH is 2. The van der Waals surface area contributed by atoms with Crippen molar-refractivity contribution in [3.05, 3.63) is 47.0 Å². The third-order valence-electron chi connectivity index (χ3n) is 13.1. The quantitative estimate of drug-likeness (QED) is 0.132. The van der Waals surface area contributed by atoms with Gasteiger partial charge in [0, 0.05) is 25.7 Å². The lowest BCUT2D eigenvalue weighted by Gasteiger charge is -2.67. The Morgan fingerprint density at radius 3 is 2.16 bits per heavy atom. The van der Waals surface area contributed by atoms with E-state index in [1.165, 1.54) is 26.0 Å². The number of benzene rings is 1. The van der Waals surface area contributed by atoms with Gasteiger partial charge in [0.15, 0.2) is 36.3 Å². The fraction of sp³-hybridized carbons (Fsp3) is 0.659. The highest BCUT2D eigenvalue weighted by Gasteiger charge is 2.83. The predicted octanol–water partition coefficient (Wildman–Crippen LogP) is 3.57. The van der Waals surface area contributed by atoms with Crippen LogP contribution in [0.5, 0.6) is 0 Å². The first kappa shape index (κ1) is 46.6. The molecule has 4 fully saturated rings. The van der Waals surface area contributed by atoms with Crippen molar-refractivity contribution in [2.75, 3.05) is 0 Å².